The molecule has 2 aromatic heterocycles. The summed E-state index contributed by atoms with van der Waals surface area (Å²) in [4.78, 5) is 37.7. The van der Waals surface area contributed by atoms with Gasteiger partial charge in [0.15, 0.2) is 0 Å². The number of aliphatic carboxylic acids is 1. The van der Waals surface area contributed by atoms with Gasteiger partial charge in [0.2, 0.25) is 0 Å². The van der Waals surface area contributed by atoms with E-state index in [1.807, 2.05) is 29.8 Å². The number of nitrogens with one attached hydrogen (secondary N) is 2. The number of thiazole rings is 1. The number of rotatable bonds is 11. The first-order valence-electron chi connectivity index (χ1n) is 13.1. The summed E-state index contributed by atoms with van der Waals surface area (Å²) in [7, 11) is 0. The molecule has 1 unspecified atom stereocenters. The molecule has 0 saturated carbocycles. The second-order valence-electron chi connectivity index (χ2n) is 10.7. The number of carbonyl (C=O) groups is 2. The van der Waals surface area contributed by atoms with Gasteiger partial charge in [0, 0.05) is 41.2 Å². The number of allylic oxidation sites excluding steroid dienone is 1. The van der Waals surface area contributed by atoms with Crippen LogP contribution in [0.5, 0.6) is 0 Å². The lowest BCUT2D eigenvalue weighted by Gasteiger charge is -2.31. The molecule has 0 aliphatic carbocycles. The van der Waals surface area contributed by atoms with Crippen LogP contribution in [0.4, 0.5) is 4.39 Å². The lowest BCUT2D eigenvalue weighted by Crippen LogP contribution is -2.44. The highest BCUT2D eigenvalue weighted by molar-refractivity contribution is 7.99. The van der Waals surface area contributed by atoms with Gasteiger partial charge in [-0.15, -0.1) is 11.3 Å². The molecule has 10 heteroatoms. The SMILES string of the molecule is CSC(C[C@H](NC(=O)c1ccc(C=C(Cc2ncc[nH]2)c2nccs2)cc1-c1ccc(F)cc1)C(=O)O)C(C)(C)C. The molecular weight excluding hydrogens is 559 g/mol. The van der Waals surface area contributed by atoms with Gasteiger partial charge < -0.3 is 15.4 Å². The summed E-state index contributed by atoms with van der Waals surface area (Å²) in [6.45, 7) is 6.17. The number of thioether (sulfide) groups is 1. The number of H-pyrrole nitrogens is 1. The van der Waals surface area contributed by atoms with Crippen LogP contribution in [-0.2, 0) is 11.2 Å². The Balaban J connectivity index is 1.72. The van der Waals surface area contributed by atoms with Gasteiger partial charge in [0.1, 0.15) is 22.7 Å². The third-order valence-electron chi connectivity index (χ3n) is 6.71. The molecule has 0 aliphatic heterocycles. The number of aromatic amines is 1. The Hall–Kier alpha value is -3.76. The van der Waals surface area contributed by atoms with Crippen LogP contribution in [0, 0.1) is 11.2 Å². The zero-order valence-electron chi connectivity index (χ0n) is 23.3. The summed E-state index contributed by atoms with van der Waals surface area (Å²) in [5, 5.41) is 15.5. The minimum Gasteiger partial charge on any atom is -0.480 e. The number of benzene rings is 2. The highest BCUT2D eigenvalue weighted by Crippen LogP contribution is 2.33. The van der Waals surface area contributed by atoms with Crippen LogP contribution in [0.3, 0.4) is 0 Å². The fourth-order valence-electron chi connectivity index (χ4n) is 4.54. The van der Waals surface area contributed by atoms with Gasteiger partial charge in [-0.25, -0.2) is 19.2 Å². The fraction of sp³-hybridized carbons (Fsp3) is 0.290. The molecule has 214 valence electrons. The summed E-state index contributed by atoms with van der Waals surface area (Å²) < 4.78 is 13.8. The molecule has 0 spiro atoms. The normalized spacial score (nSPS) is 13.5. The van der Waals surface area contributed by atoms with E-state index in [9.17, 15) is 19.1 Å². The van der Waals surface area contributed by atoms with Crippen molar-refractivity contribution in [1.82, 2.24) is 20.3 Å². The third-order valence-corrected chi connectivity index (χ3v) is 9.03. The van der Waals surface area contributed by atoms with Gasteiger partial charge in [-0.3, -0.25) is 4.79 Å². The average molecular weight is 593 g/mol. The van der Waals surface area contributed by atoms with Crippen molar-refractivity contribution in [3.05, 3.63) is 94.2 Å². The maximum Gasteiger partial charge on any atom is 0.326 e. The number of amides is 1. The highest BCUT2D eigenvalue weighted by atomic mass is 32.2. The molecule has 0 saturated heterocycles. The van der Waals surface area contributed by atoms with Crippen LogP contribution in [0.1, 0.15) is 53.9 Å². The van der Waals surface area contributed by atoms with Crippen LogP contribution >= 0.6 is 23.1 Å². The van der Waals surface area contributed by atoms with Gasteiger partial charge in [0.25, 0.3) is 5.91 Å². The summed E-state index contributed by atoms with van der Waals surface area (Å²) in [5.74, 6) is -1.19. The Kier molecular flexibility index (Phi) is 9.77. The Morgan fingerprint density at radius 1 is 1.15 bits per heavy atom. The van der Waals surface area contributed by atoms with Crippen molar-refractivity contribution in [2.75, 3.05) is 6.26 Å². The largest absolute Gasteiger partial charge is 0.480 e. The zero-order chi connectivity index (χ0) is 29.6. The van der Waals surface area contributed by atoms with Gasteiger partial charge in [-0.05, 0) is 70.7 Å². The monoisotopic (exact) mass is 592 g/mol. The predicted molar refractivity (Wildman–Crippen MR) is 164 cm³/mol. The molecule has 2 aromatic carbocycles. The van der Waals surface area contributed by atoms with Crippen molar-refractivity contribution in [1.29, 1.82) is 0 Å². The van der Waals surface area contributed by atoms with Crippen LogP contribution < -0.4 is 5.32 Å². The maximum atomic E-state index is 13.8. The lowest BCUT2D eigenvalue weighted by molar-refractivity contribution is -0.139. The van der Waals surface area contributed by atoms with E-state index in [0.29, 0.717) is 23.1 Å². The van der Waals surface area contributed by atoms with Crippen molar-refractivity contribution >= 4 is 46.6 Å². The fourth-order valence-corrected chi connectivity index (χ4v) is 6.29. The van der Waals surface area contributed by atoms with Crippen LogP contribution in [0.15, 0.2) is 66.4 Å². The van der Waals surface area contributed by atoms with Crippen molar-refractivity contribution in [2.45, 2.75) is 44.9 Å². The van der Waals surface area contributed by atoms with Crippen molar-refractivity contribution in [2.24, 2.45) is 5.41 Å². The van der Waals surface area contributed by atoms with Gasteiger partial charge in [0.05, 0.1) is 0 Å². The second-order valence-corrected chi connectivity index (χ2v) is 12.7. The molecule has 7 nitrogen and oxygen atoms in total. The van der Waals surface area contributed by atoms with E-state index in [-0.39, 0.29) is 17.1 Å². The quantitative estimate of drug-likeness (QED) is 0.177. The topological polar surface area (TPSA) is 108 Å². The number of nitrogens with zero attached hydrogens (tertiary/aromatic N) is 2. The molecule has 0 bridgehead atoms. The van der Waals surface area contributed by atoms with E-state index in [4.69, 9.17) is 0 Å². The van der Waals surface area contributed by atoms with Crippen molar-refractivity contribution in [3.63, 3.8) is 0 Å². The first kappa shape index (κ1) is 30.2. The highest BCUT2D eigenvalue weighted by Gasteiger charge is 2.31. The van der Waals surface area contributed by atoms with E-state index in [1.54, 1.807) is 48.6 Å². The van der Waals surface area contributed by atoms with E-state index >= 15 is 0 Å². The Morgan fingerprint density at radius 2 is 1.90 bits per heavy atom. The number of aromatic nitrogens is 3. The molecular formula is C31H33FN4O3S2. The van der Waals surface area contributed by atoms with Gasteiger partial charge >= 0.3 is 5.97 Å². The number of carboxylic acids is 1. The smallest absolute Gasteiger partial charge is 0.326 e. The number of carboxylic acid groups (broad SMARTS) is 1. The Bertz CT molecular complexity index is 1500. The maximum absolute atomic E-state index is 13.8. The minimum atomic E-state index is -1.09. The van der Waals surface area contributed by atoms with E-state index in [0.717, 1.165) is 22.0 Å². The molecule has 2 heterocycles. The van der Waals surface area contributed by atoms with E-state index in [1.165, 1.54) is 23.5 Å². The Morgan fingerprint density at radius 3 is 2.49 bits per heavy atom. The van der Waals surface area contributed by atoms with E-state index < -0.39 is 23.7 Å². The summed E-state index contributed by atoms with van der Waals surface area (Å²) in [5.41, 5.74) is 3.11. The first-order chi connectivity index (χ1) is 19.5. The summed E-state index contributed by atoms with van der Waals surface area (Å²) in [6, 6.07) is 10.2. The Labute approximate surface area is 247 Å². The molecule has 4 rings (SSSR count). The van der Waals surface area contributed by atoms with Crippen LogP contribution in [0.25, 0.3) is 22.8 Å². The van der Waals surface area contributed by atoms with E-state index in [2.05, 4.69) is 41.0 Å². The van der Waals surface area contributed by atoms with Crippen molar-refractivity contribution in [3.8, 4) is 11.1 Å². The standard InChI is InChI=1S/C31H33FN4O3S2/c1-31(2,3)26(40-4)18-25(30(38)39)36-28(37)23-10-5-19(16-24(23)20-6-8-22(32)9-7-20)15-21(29-35-13-14-41-29)17-27-33-11-12-34-27/h5-16,25-26H,17-18H2,1-4H3,(H,33,34)(H,36,37)(H,38,39)/t25-,26?/m0/s1. The van der Waals surface area contributed by atoms with Gasteiger partial charge in [-0.2, -0.15) is 11.8 Å². The molecule has 41 heavy (non-hydrogen) atoms. The minimum absolute atomic E-state index is 0.0198. The number of hydrogen-bond acceptors (Lipinski definition) is 6. The number of halogens is 1. The lowest BCUT2D eigenvalue weighted by atomic mass is 9.87. The molecule has 1 amide bonds. The summed E-state index contributed by atoms with van der Waals surface area (Å²) in [6.07, 6.45) is 9.95. The molecule has 0 radical (unpaired) electrons. The number of carbonyl (C=O) groups excluding carboxylic acids is 1. The second kappa shape index (κ2) is 13.3. The molecule has 3 N–H and O–H groups in total. The zero-order valence-corrected chi connectivity index (χ0v) is 25.0. The first-order valence-corrected chi connectivity index (χ1v) is 15.3. The van der Waals surface area contributed by atoms with Gasteiger partial charge in [-0.1, -0.05) is 39.0 Å². The molecule has 4 aromatic rings. The molecule has 0 fully saturated rings. The van der Waals surface area contributed by atoms with Crippen molar-refractivity contribution < 1.29 is 19.1 Å². The third kappa shape index (κ3) is 7.92. The molecule has 0 aliphatic rings. The summed E-state index contributed by atoms with van der Waals surface area (Å²) >= 11 is 3.10. The predicted octanol–water partition coefficient (Wildman–Crippen LogP) is 6.81. The van der Waals surface area contributed by atoms with Crippen LogP contribution in [-0.4, -0.2) is 49.5 Å². The number of hydrogen-bond donors (Lipinski definition) is 3. The molecule has 2 atom stereocenters. The number of imidazole rings is 1. The van der Waals surface area contributed by atoms with Crippen LogP contribution in [0.2, 0.25) is 0 Å². The average Bonchev–Trinajstić information content (AvgIpc) is 3.65.